The molecule has 0 saturated heterocycles. The maximum Gasteiger partial charge on any atom is 0.147 e. The Morgan fingerprint density at radius 2 is 2.18 bits per heavy atom. The van der Waals surface area contributed by atoms with E-state index in [4.69, 9.17) is 5.73 Å². The van der Waals surface area contributed by atoms with Crippen LogP contribution in [0.5, 0.6) is 0 Å². The quantitative estimate of drug-likeness (QED) is 0.660. The molecule has 0 atom stereocenters. The first kappa shape index (κ1) is 7.78. The van der Waals surface area contributed by atoms with E-state index in [-0.39, 0.29) is 0 Å². The van der Waals surface area contributed by atoms with Crippen molar-refractivity contribution in [2.45, 2.75) is 19.9 Å². The van der Waals surface area contributed by atoms with Gasteiger partial charge in [0.2, 0.25) is 0 Å². The van der Waals surface area contributed by atoms with E-state index < -0.39 is 0 Å². The zero-order chi connectivity index (χ0) is 8.27. The zero-order valence-corrected chi connectivity index (χ0v) is 6.70. The van der Waals surface area contributed by atoms with E-state index in [0.29, 0.717) is 11.9 Å². The minimum atomic E-state index is 0.353. The summed E-state index contributed by atoms with van der Waals surface area (Å²) in [6.45, 7) is 4.07. The molecule has 1 heterocycles. The molecule has 0 aliphatic carbocycles. The molecule has 1 aromatic rings. The Balaban J connectivity index is 2.71. The molecular formula is C7H12N4. The highest BCUT2D eigenvalue weighted by Crippen LogP contribution is 2.03. The van der Waals surface area contributed by atoms with Crippen LogP contribution < -0.4 is 11.1 Å². The highest BCUT2D eigenvalue weighted by molar-refractivity contribution is 5.38. The van der Waals surface area contributed by atoms with Crippen molar-refractivity contribution >= 4 is 11.6 Å². The smallest absolute Gasteiger partial charge is 0.147 e. The number of hydrogen-bond acceptors (Lipinski definition) is 4. The standard InChI is InChI=1S/C7H12N4/c1-5(2)10-7-4-9-3-6(8)11-7/h3-5H,1-2H3,(H3,8,10,11). The number of nitrogens with zero attached hydrogens (tertiary/aromatic N) is 2. The summed E-state index contributed by atoms with van der Waals surface area (Å²) in [6, 6.07) is 0.353. The van der Waals surface area contributed by atoms with Crippen LogP contribution in [0.25, 0.3) is 0 Å². The second kappa shape index (κ2) is 3.18. The Labute approximate surface area is 65.9 Å². The lowest BCUT2D eigenvalue weighted by Crippen LogP contribution is -2.11. The topological polar surface area (TPSA) is 63.8 Å². The van der Waals surface area contributed by atoms with Crippen LogP contribution in [0.1, 0.15) is 13.8 Å². The first-order valence-corrected chi connectivity index (χ1v) is 3.52. The predicted molar refractivity (Wildman–Crippen MR) is 45.2 cm³/mol. The molecule has 0 fully saturated rings. The molecule has 0 saturated carbocycles. The van der Waals surface area contributed by atoms with Crippen molar-refractivity contribution in [3.63, 3.8) is 0 Å². The summed E-state index contributed by atoms with van der Waals surface area (Å²) in [5, 5.41) is 3.09. The minimum Gasteiger partial charge on any atom is -0.382 e. The van der Waals surface area contributed by atoms with Gasteiger partial charge >= 0.3 is 0 Å². The SMILES string of the molecule is CC(C)Nc1cncc(N)n1. The van der Waals surface area contributed by atoms with Crippen molar-refractivity contribution < 1.29 is 0 Å². The molecule has 0 aliphatic rings. The third-order valence-corrected chi connectivity index (χ3v) is 1.09. The summed E-state index contributed by atoms with van der Waals surface area (Å²) in [7, 11) is 0. The van der Waals surface area contributed by atoms with Gasteiger partial charge in [-0.3, -0.25) is 4.98 Å². The van der Waals surface area contributed by atoms with Gasteiger partial charge in [0.1, 0.15) is 11.6 Å². The van der Waals surface area contributed by atoms with Crippen LogP contribution in [0, 0.1) is 0 Å². The van der Waals surface area contributed by atoms with E-state index in [0.717, 1.165) is 5.82 Å². The van der Waals surface area contributed by atoms with Crippen LogP contribution in [0.4, 0.5) is 11.6 Å². The van der Waals surface area contributed by atoms with E-state index in [9.17, 15) is 0 Å². The second-order valence-electron chi connectivity index (χ2n) is 2.63. The number of nitrogen functional groups attached to an aromatic ring is 1. The molecule has 0 aromatic carbocycles. The maximum absolute atomic E-state index is 5.42. The van der Waals surface area contributed by atoms with Crippen LogP contribution in [0.15, 0.2) is 12.4 Å². The maximum atomic E-state index is 5.42. The van der Waals surface area contributed by atoms with Gasteiger partial charge in [0.05, 0.1) is 12.4 Å². The molecule has 1 aromatic heterocycles. The molecule has 0 amide bonds. The minimum absolute atomic E-state index is 0.353. The largest absolute Gasteiger partial charge is 0.382 e. The zero-order valence-electron chi connectivity index (χ0n) is 6.70. The molecular weight excluding hydrogens is 140 g/mol. The van der Waals surface area contributed by atoms with Crippen molar-refractivity contribution in [2.75, 3.05) is 11.1 Å². The third kappa shape index (κ3) is 2.41. The summed E-state index contributed by atoms with van der Waals surface area (Å²) in [5.41, 5.74) is 5.42. The number of nitrogens with one attached hydrogen (secondary N) is 1. The molecule has 4 nitrogen and oxygen atoms in total. The van der Waals surface area contributed by atoms with Gasteiger partial charge in [-0.25, -0.2) is 4.98 Å². The summed E-state index contributed by atoms with van der Waals surface area (Å²) in [5.74, 6) is 1.16. The fourth-order valence-electron chi connectivity index (χ4n) is 0.746. The molecule has 3 N–H and O–H groups in total. The van der Waals surface area contributed by atoms with Gasteiger partial charge in [0.15, 0.2) is 0 Å². The first-order valence-electron chi connectivity index (χ1n) is 3.52. The van der Waals surface area contributed by atoms with Crippen molar-refractivity contribution in [2.24, 2.45) is 0 Å². The second-order valence-corrected chi connectivity index (χ2v) is 2.63. The Morgan fingerprint density at radius 1 is 1.45 bits per heavy atom. The number of aromatic nitrogens is 2. The van der Waals surface area contributed by atoms with Gasteiger partial charge in [0, 0.05) is 6.04 Å². The van der Waals surface area contributed by atoms with E-state index in [1.807, 2.05) is 13.8 Å². The molecule has 0 unspecified atom stereocenters. The summed E-state index contributed by atoms with van der Waals surface area (Å²) in [6.07, 6.45) is 3.17. The summed E-state index contributed by atoms with van der Waals surface area (Å²) in [4.78, 5) is 7.90. The normalized spacial score (nSPS) is 10.1. The number of rotatable bonds is 2. The number of nitrogens with two attached hydrogens (primary N) is 1. The third-order valence-electron chi connectivity index (χ3n) is 1.09. The van der Waals surface area contributed by atoms with Gasteiger partial charge in [-0.2, -0.15) is 0 Å². The van der Waals surface area contributed by atoms with Crippen molar-refractivity contribution in [1.29, 1.82) is 0 Å². The van der Waals surface area contributed by atoms with Gasteiger partial charge in [0.25, 0.3) is 0 Å². The highest BCUT2D eigenvalue weighted by atomic mass is 15.0. The van der Waals surface area contributed by atoms with Crippen LogP contribution >= 0.6 is 0 Å². The Hall–Kier alpha value is -1.32. The van der Waals surface area contributed by atoms with Crippen LogP contribution in [-0.2, 0) is 0 Å². The fraction of sp³-hybridized carbons (Fsp3) is 0.429. The average Bonchev–Trinajstić information content (AvgIpc) is 1.85. The fourth-order valence-corrected chi connectivity index (χ4v) is 0.746. The number of anilines is 2. The molecule has 4 heteroatoms. The molecule has 60 valence electrons. The molecule has 11 heavy (non-hydrogen) atoms. The van der Waals surface area contributed by atoms with E-state index in [1.54, 1.807) is 6.20 Å². The molecule has 0 bridgehead atoms. The Morgan fingerprint density at radius 3 is 2.73 bits per heavy atom. The lowest BCUT2D eigenvalue weighted by molar-refractivity contribution is 0.886. The predicted octanol–water partition coefficient (Wildman–Crippen LogP) is 0.879. The summed E-state index contributed by atoms with van der Waals surface area (Å²) >= 11 is 0. The molecule has 0 aliphatic heterocycles. The van der Waals surface area contributed by atoms with Crippen LogP contribution in [0.3, 0.4) is 0 Å². The van der Waals surface area contributed by atoms with Crippen molar-refractivity contribution in [3.05, 3.63) is 12.4 Å². The lowest BCUT2D eigenvalue weighted by Gasteiger charge is -2.07. The van der Waals surface area contributed by atoms with Crippen molar-refractivity contribution in [1.82, 2.24) is 9.97 Å². The molecule has 0 radical (unpaired) electrons. The van der Waals surface area contributed by atoms with Crippen LogP contribution in [-0.4, -0.2) is 16.0 Å². The van der Waals surface area contributed by atoms with Gasteiger partial charge in [-0.1, -0.05) is 0 Å². The van der Waals surface area contributed by atoms with Gasteiger partial charge < -0.3 is 11.1 Å². The van der Waals surface area contributed by atoms with E-state index in [2.05, 4.69) is 15.3 Å². The Kier molecular flexibility index (Phi) is 2.25. The van der Waals surface area contributed by atoms with Gasteiger partial charge in [-0.05, 0) is 13.8 Å². The average molecular weight is 152 g/mol. The Bertz CT molecular complexity index is 234. The summed E-state index contributed by atoms with van der Waals surface area (Å²) < 4.78 is 0. The molecule has 0 spiro atoms. The number of hydrogen-bond donors (Lipinski definition) is 2. The highest BCUT2D eigenvalue weighted by Gasteiger charge is 1.96. The van der Waals surface area contributed by atoms with Crippen molar-refractivity contribution in [3.8, 4) is 0 Å². The van der Waals surface area contributed by atoms with Gasteiger partial charge in [-0.15, -0.1) is 0 Å². The first-order chi connectivity index (χ1) is 5.18. The monoisotopic (exact) mass is 152 g/mol. The molecule has 1 rings (SSSR count). The van der Waals surface area contributed by atoms with E-state index in [1.165, 1.54) is 6.20 Å². The lowest BCUT2D eigenvalue weighted by atomic mass is 10.4. The van der Waals surface area contributed by atoms with E-state index >= 15 is 0 Å². The van der Waals surface area contributed by atoms with Crippen LogP contribution in [0.2, 0.25) is 0 Å².